The summed E-state index contributed by atoms with van der Waals surface area (Å²) in [5.74, 6) is 1.21. The zero-order valence-electron chi connectivity index (χ0n) is 14.0. The lowest BCUT2D eigenvalue weighted by Crippen LogP contribution is -2.01. The smallest absolute Gasteiger partial charge is 0.229 e. The van der Waals surface area contributed by atoms with E-state index in [0.29, 0.717) is 17.3 Å². The number of hydrogen-bond donors (Lipinski definition) is 1. The predicted octanol–water partition coefficient (Wildman–Crippen LogP) is 3.62. The second kappa shape index (κ2) is 5.90. The molecule has 0 aliphatic rings. The monoisotopic (exact) mass is 331 g/mol. The highest BCUT2D eigenvalue weighted by Gasteiger charge is 2.07. The lowest BCUT2D eigenvalue weighted by molar-refractivity contribution is 0.112. The molecule has 0 aliphatic carbocycles. The summed E-state index contributed by atoms with van der Waals surface area (Å²) < 4.78 is 3.90. The van der Waals surface area contributed by atoms with Crippen molar-refractivity contribution in [2.45, 2.75) is 6.92 Å². The van der Waals surface area contributed by atoms with E-state index in [0.717, 1.165) is 22.9 Å². The Balaban J connectivity index is 1.65. The standard InChI is InChI=1S/C19H17N5O/c1-13-10-24(11-15(13)12-25)18-5-7-20-19(22-18)21-16-3-4-17-14(9-16)6-8-23(17)2/h3-12H,1-2H3,(H,20,21,22). The number of aldehydes is 1. The van der Waals surface area contributed by atoms with Gasteiger partial charge in [-0.15, -0.1) is 0 Å². The first-order valence-electron chi connectivity index (χ1n) is 7.93. The maximum absolute atomic E-state index is 11.0. The lowest BCUT2D eigenvalue weighted by atomic mass is 10.2. The van der Waals surface area contributed by atoms with Crippen LogP contribution in [-0.2, 0) is 7.05 Å². The van der Waals surface area contributed by atoms with Gasteiger partial charge in [0.05, 0.1) is 0 Å². The Labute approximate surface area is 144 Å². The van der Waals surface area contributed by atoms with Crippen molar-refractivity contribution in [1.82, 2.24) is 19.1 Å². The highest BCUT2D eigenvalue weighted by Crippen LogP contribution is 2.22. The fourth-order valence-electron chi connectivity index (χ4n) is 2.87. The van der Waals surface area contributed by atoms with Crippen molar-refractivity contribution >= 4 is 28.8 Å². The van der Waals surface area contributed by atoms with E-state index in [-0.39, 0.29) is 0 Å². The minimum absolute atomic E-state index is 0.506. The van der Waals surface area contributed by atoms with Crippen LogP contribution in [0.5, 0.6) is 0 Å². The number of hydrogen-bond acceptors (Lipinski definition) is 4. The van der Waals surface area contributed by atoms with E-state index in [1.165, 1.54) is 5.52 Å². The van der Waals surface area contributed by atoms with Gasteiger partial charge in [0.1, 0.15) is 5.82 Å². The third-order valence-electron chi connectivity index (χ3n) is 4.24. The molecule has 124 valence electrons. The lowest BCUT2D eigenvalue weighted by Gasteiger charge is -2.07. The molecule has 0 bridgehead atoms. The molecular formula is C19H17N5O. The SMILES string of the molecule is Cc1cn(-c2ccnc(Nc3ccc4c(ccn4C)c3)n2)cc1C=O. The van der Waals surface area contributed by atoms with E-state index < -0.39 is 0 Å². The van der Waals surface area contributed by atoms with Crippen molar-refractivity contribution in [3.63, 3.8) is 0 Å². The van der Waals surface area contributed by atoms with Crippen LogP contribution in [0.3, 0.4) is 0 Å². The van der Waals surface area contributed by atoms with Gasteiger partial charge in [0.2, 0.25) is 5.95 Å². The van der Waals surface area contributed by atoms with Crippen molar-refractivity contribution < 1.29 is 4.79 Å². The Morgan fingerprint density at radius 1 is 1.16 bits per heavy atom. The van der Waals surface area contributed by atoms with Crippen LogP contribution in [0.15, 0.2) is 55.1 Å². The average Bonchev–Trinajstić information content (AvgIpc) is 3.18. The number of carbonyl (C=O) groups excluding carboxylic acids is 1. The van der Waals surface area contributed by atoms with E-state index >= 15 is 0 Å². The molecule has 0 spiro atoms. The van der Waals surface area contributed by atoms with Crippen molar-refractivity contribution in [2.75, 3.05) is 5.32 Å². The van der Waals surface area contributed by atoms with Crippen LogP contribution < -0.4 is 5.32 Å². The molecule has 0 aliphatic heterocycles. The van der Waals surface area contributed by atoms with E-state index in [1.54, 1.807) is 18.5 Å². The minimum atomic E-state index is 0.506. The number of fused-ring (bicyclic) bond motifs is 1. The predicted molar refractivity (Wildman–Crippen MR) is 97.7 cm³/mol. The first kappa shape index (κ1) is 15.1. The number of carbonyl (C=O) groups is 1. The van der Waals surface area contributed by atoms with Crippen LogP contribution in [0, 0.1) is 6.92 Å². The van der Waals surface area contributed by atoms with Gasteiger partial charge >= 0.3 is 0 Å². The number of anilines is 2. The molecule has 0 amide bonds. The molecule has 0 atom stereocenters. The molecule has 3 heterocycles. The highest BCUT2D eigenvalue weighted by atomic mass is 16.1. The molecule has 4 aromatic rings. The fraction of sp³-hybridized carbons (Fsp3) is 0.105. The highest BCUT2D eigenvalue weighted by molar-refractivity contribution is 5.84. The maximum atomic E-state index is 11.0. The Morgan fingerprint density at radius 3 is 2.84 bits per heavy atom. The molecule has 1 aromatic carbocycles. The van der Waals surface area contributed by atoms with Gasteiger partial charge in [-0.25, -0.2) is 4.98 Å². The molecule has 25 heavy (non-hydrogen) atoms. The van der Waals surface area contributed by atoms with Crippen molar-refractivity contribution in [3.8, 4) is 5.82 Å². The Morgan fingerprint density at radius 2 is 2.04 bits per heavy atom. The van der Waals surface area contributed by atoms with Crippen LogP contribution in [0.4, 0.5) is 11.6 Å². The van der Waals surface area contributed by atoms with Gasteiger partial charge in [-0.2, -0.15) is 4.98 Å². The molecule has 1 N–H and O–H groups in total. The van der Waals surface area contributed by atoms with E-state index in [4.69, 9.17) is 0 Å². The molecule has 4 rings (SSSR count). The van der Waals surface area contributed by atoms with Gasteiger partial charge in [0.25, 0.3) is 0 Å². The van der Waals surface area contributed by atoms with Crippen LogP contribution in [-0.4, -0.2) is 25.4 Å². The zero-order chi connectivity index (χ0) is 17.4. The fourth-order valence-corrected chi connectivity index (χ4v) is 2.87. The van der Waals surface area contributed by atoms with Crippen LogP contribution in [0.25, 0.3) is 16.7 Å². The summed E-state index contributed by atoms with van der Waals surface area (Å²) in [6, 6.07) is 10.0. The van der Waals surface area contributed by atoms with Gasteiger partial charge in [-0.1, -0.05) is 0 Å². The van der Waals surface area contributed by atoms with E-state index in [1.807, 2.05) is 37.0 Å². The molecule has 6 heteroatoms. The average molecular weight is 331 g/mol. The third-order valence-corrected chi connectivity index (χ3v) is 4.24. The van der Waals surface area contributed by atoms with Crippen molar-refractivity contribution in [2.24, 2.45) is 7.05 Å². The Hall–Kier alpha value is -3.41. The minimum Gasteiger partial charge on any atom is -0.351 e. The third kappa shape index (κ3) is 2.78. The van der Waals surface area contributed by atoms with Crippen LogP contribution >= 0.6 is 0 Å². The molecule has 0 fully saturated rings. The van der Waals surface area contributed by atoms with Crippen LogP contribution in [0.2, 0.25) is 0 Å². The molecule has 3 aromatic heterocycles. The second-order valence-electron chi connectivity index (χ2n) is 5.99. The summed E-state index contributed by atoms with van der Waals surface area (Å²) in [5, 5.41) is 4.39. The largest absolute Gasteiger partial charge is 0.351 e. The number of rotatable bonds is 4. The summed E-state index contributed by atoms with van der Waals surface area (Å²) in [7, 11) is 2.02. The summed E-state index contributed by atoms with van der Waals surface area (Å²) in [6.07, 6.45) is 8.23. The quantitative estimate of drug-likeness (QED) is 0.580. The zero-order valence-corrected chi connectivity index (χ0v) is 14.0. The number of benzene rings is 1. The van der Waals surface area contributed by atoms with E-state index in [2.05, 4.69) is 38.1 Å². The second-order valence-corrected chi connectivity index (χ2v) is 5.99. The molecule has 0 saturated carbocycles. The van der Waals surface area contributed by atoms with Gasteiger partial charge in [0.15, 0.2) is 6.29 Å². The topological polar surface area (TPSA) is 64.7 Å². The summed E-state index contributed by atoms with van der Waals surface area (Å²) >= 11 is 0. The maximum Gasteiger partial charge on any atom is 0.229 e. The first-order chi connectivity index (χ1) is 12.1. The van der Waals surface area contributed by atoms with Gasteiger partial charge in [0, 0.05) is 54.0 Å². The normalized spacial score (nSPS) is 11.0. The summed E-state index contributed by atoms with van der Waals surface area (Å²) in [6.45, 7) is 1.90. The Kier molecular flexibility index (Phi) is 3.57. The van der Waals surface area contributed by atoms with Crippen LogP contribution in [0.1, 0.15) is 15.9 Å². The first-order valence-corrected chi connectivity index (χ1v) is 7.93. The van der Waals surface area contributed by atoms with Crippen molar-refractivity contribution in [3.05, 3.63) is 66.2 Å². The van der Waals surface area contributed by atoms with E-state index in [9.17, 15) is 4.79 Å². The molecular weight excluding hydrogens is 314 g/mol. The molecule has 0 saturated heterocycles. The number of nitrogens with one attached hydrogen (secondary N) is 1. The summed E-state index contributed by atoms with van der Waals surface area (Å²) in [5.41, 5.74) is 3.66. The van der Waals surface area contributed by atoms with Crippen molar-refractivity contribution in [1.29, 1.82) is 0 Å². The summed E-state index contributed by atoms with van der Waals surface area (Å²) in [4.78, 5) is 19.8. The molecule has 0 unspecified atom stereocenters. The number of nitrogens with zero attached hydrogens (tertiary/aromatic N) is 4. The van der Waals surface area contributed by atoms with Gasteiger partial charge in [-0.05, 0) is 42.8 Å². The van der Waals surface area contributed by atoms with Gasteiger partial charge < -0.3 is 14.5 Å². The number of aromatic nitrogens is 4. The Bertz CT molecular complexity index is 1080. The number of aryl methyl sites for hydroxylation is 2. The molecule has 6 nitrogen and oxygen atoms in total. The van der Waals surface area contributed by atoms with Gasteiger partial charge in [-0.3, -0.25) is 4.79 Å². The molecule has 0 radical (unpaired) electrons.